The van der Waals surface area contributed by atoms with E-state index in [1.165, 1.54) is 5.57 Å². The molecule has 94 valence electrons. The molecular formula is C13H20N2O2. The zero-order chi connectivity index (χ0) is 12.9. The van der Waals surface area contributed by atoms with Crippen molar-refractivity contribution in [2.45, 2.75) is 27.2 Å². The Kier molecular flexibility index (Phi) is 4.71. The van der Waals surface area contributed by atoms with Crippen LogP contribution < -0.4 is 0 Å². The summed E-state index contributed by atoms with van der Waals surface area (Å²) >= 11 is 0. The Hall–Kier alpha value is -1.34. The van der Waals surface area contributed by atoms with Gasteiger partial charge < -0.3 is 9.64 Å². The molecule has 0 aromatic rings. The molecule has 1 saturated heterocycles. The fraction of sp³-hybridized carbons (Fsp3) is 0.692. The van der Waals surface area contributed by atoms with Crippen molar-refractivity contribution in [2.75, 3.05) is 26.3 Å². The standard InChI is InChI=1S/C11H14N2O2.C2H6/c1-9-2-4-13(5-3-9)10(14)11(6-12)7-15-8-11;1-2/h2H,3-5,7-8H2,1H3;1-2H3. The molecule has 0 bridgehead atoms. The van der Waals surface area contributed by atoms with Gasteiger partial charge in [0.15, 0.2) is 5.41 Å². The van der Waals surface area contributed by atoms with E-state index in [4.69, 9.17) is 10.00 Å². The largest absolute Gasteiger partial charge is 0.377 e. The van der Waals surface area contributed by atoms with Gasteiger partial charge in [-0.25, -0.2) is 0 Å². The molecule has 0 N–H and O–H groups in total. The number of nitrogens with zero attached hydrogens (tertiary/aromatic N) is 2. The van der Waals surface area contributed by atoms with Gasteiger partial charge in [0.1, 0.15) is 0 Å². The van der Waals surface area contributed by atoms with Crippen LogP contribution in [0.25, 0.3) is 0 Å². The predicted octanol–water partition coefficient (Wildman–Crippen LogP) is 1.73. The lowest BCUT2D eigenvalue weighted by Gasteiger charge is -2.38. The SMILES string of the molecule is CC.CC1=CCN(C(=O)C2(C#N)COC2)CC1. The molecule has 0 aliphatic carbocycles. The number of hydrogen-bond acceptors (Lipinski definition) is 3. The Balaban J connectivity index is 0.000000686. The molecule has 0 saturated carbocycles. The van der Waals surface area contributed by atoms with Crippen molar-refractivity contribution in [3.63, 3.8) is 0 Å². The number of nitriles is 1. The number of carbonyl (C=O) groups is 1. The minimum atomic E-state index is -0.890. The van der Waals surface area contributed by atoms with Crippen molar-refractivity contribution < 1.29 is 9.53 Å². The summed E-state index contributed by atoms with van der Waals surface area (Å²) < 4.78 is 4.98. The first-order chi connectivity index (χ1) is 8.18. The van der Waals surface area contributed by atoms with Gasteiger partial charge in [-0.3, -0.25) is 4.79 Å². The normalized spacial score (nSPS) is 21.3. The second kappa shape index (κ2) is 5.83. The second-order valence-corrected chi connectivity index (χ2v) is 4.24. The van der Waals surface area contributed by atoms with Crippen molar-refractivity contribution in [1.29, 1.82) is 5.26 Å². The highest BCUT2D eigenvalue weighted by atomic mass is 16.5. The van der Waals surface area contributed by atoms with Crippen LogP contribution in [0.5, 0.6) is 0 Å². The van der Waals surface area contributed by atoms with Crippen molar-refractivity contribution in [2.24, 2.45) is 5.41 Å². The van der Waals surface area contributed by atoms with Gasteiger partial charge in [-0.2, -0.15) is 5.26 Å². The maximum Gasteiger partial charge on any atom is 0.248 e. The van der Waals surface area contributed by atoms with Crippen LogP contribution in [0.1, 0.15) is 27.2 Å². The van der Waals surface area contributed by atoms with E-state index in [1.54, 1.807) is 4.90 Å². The Labute approximate surface area is 103 Å². The molecule has 1 fully saturated rings. The maximum absolute atomic E-state index is 12.0. The summed E-state index contributed by atoms with van der Waals surface area (Å²) in [5, 5.41) is 9.00. The highest BCUT2D eigenvalue weighted by Crippen LogP contribution is 2.30. The van der Waals surface area contributed by atoms with Crippen molar-refractivity contribution in [3.8, 4) is 6.07 Å². The molecule has 0 aromatic heterocycles. The Bertz CT molecular complexity index is 351. The molecule has 2 rings (SSSR count). The molecule has 0 spiro atoms. The average molecular weight is 236 g/mol. The molecule has 0 atom stereocenters. The third kappa shape index (κ3) is 2.67. The van der Waals surface area contributed by atoms with Gasteiger partial charge in [0.25, 0.3) is 0 Å². The van der Waals surface area contributed by atoms with E-state index in [9.17, 15) is 4.79 Å². The van der Waals surface area contributed by atoms with Crippen LogP contribution in [0.2, 0.25) is 0 Å². The van der Waals surface area contributed by atoms with Gasteiger partial charge >= 0.3 is 0 Å². The molecule has 4 nitrogen and oxygen atoms in total. The van der Waals surface area contributed by atoms with Gasteiger partial charge in [0.2, 0.25) is 5.91 Å². The number of carbonyl (C=O) groups excluding carboxylic acids is 1. The maximum atomic E-state index is 12.0. The highest BCUT2D eigenvalue weighted by Gasteiger charge is 2.48. The Morgan fingerprint density at radius 2 is 2.18 bits per heavy atom. The van der Waals surface area contributed by atoms with Crippen LogP contribution in [0.15, 0.2) is 11.6 Å². The molecule has 0 aromatic carbocycles. The second-order valence-electron chi connectivity index (χ2n) is 4.24. The van der Waals surface area contributed by atoms with Crippen LogP contribution in [0.3, 0.4) is 0 Å². The minimum absolute atomic E-state index is 0.0694. The molecule has 17 heavy (non-hydrogen) atoms. The first-order valence-corrected chi connectivity index (χ1v) is 6.12. The summed E-state index contributed by atoms with van der Waals surface area (Å²) in [6.07, 6.45) is 2.96. The lowest BCUT2D eigenvalue weighted by atomic mass is 9.85. The third-order valence-corrected chi connectivity index (χ3v) is 3.04. The number of hydrogen-bond donors (Lipinski definition) is 0. The number of ether oxygens (including phenoxy) is 1. The average Bonchev–Trinajstić information content (AvgIpc) is 2.32. The first kappa shape index (κ1) is 13.7. The summed E-state index contributed by atoms with van der Waals surface area (Å²) in [6.45, 7) is 7.93. The molecule has 2 heterocycles. The molecule has 0 radical (unpaired) electrons. The fourth-order valence-electron chi connectivity index (χ4n) is 1.80. The van der Waals surface area contributed by atoms with Crippen molar-refractivity contribution in [3.05, 3.63) is 11.6 Å². The Morgan fingerprint density at radius 3 is 2.53 bits per heavy atom. The van der Waals surface area contributed by atoms with Gasteiger partial charge in [-0.1, -0.05) is 25.5 Å². The lowest BCUT2D eigenvalue weighted by molar-refractivity contribution is -0.160. The summed E-state index contributed by atoms with van der Waals surface area (Å²) in [7, 11) is 0. The fourth-order valence-corrected chi connectivity index (χ4v) is 1.80. The van der Waals surface area contributed by atoms with E-state index in [-0.39, 0.29) is 19.1 Å². The van der Waals surface area contributed by atoms with Crippen molar-refractivity contribution in [1.82, 2.24) is 4.90 Å². The summed E-state index contributed by atoms with van der Waals surface area (Å²) in [4.78, 5) is 13.8. The van der Waals surface area contributed by atoms with Gasteiger partial charge in [0.05, 0.1) is 19.3 Å². The van der Waals surface area contributed by atoms with E-state index >= 15 is 0 Å². The lowest BCUT2D eigenvalue weighted by Crippen LogP contribution is -2.55. The molecule has 0 unspecified atom stereocenters. The van der Waals surface area contributed by atoms with Crippen LogP contribution in [-0.4, -0.2) is 37.1 Å². The summed E-state index contributed by atoms with van der Waals surface area (Å²) in [5.74, 6) is -0.0694. The summed E-state index contributed by atoms with van der Waals surface area (Å²) in [5.41, 5.74) is 0.425. The molecule has 2 aliphatic heterocycles. The van der Waals surface area contributed by atoms with Gasteiger partial charge in [-0.15, -0.1) is 0 Å². The van der Waals surface area contributed by atoms with Gasteiger partial charge in [-0.05, 0) is 13.3 Å². The molecular weight excluding hydrogens is 216 g/mol. The quantitative estimate of drug-likeness (QED) is 0.651. The van der Waals surface area contributed by atoms with Crippen LogP contribution in [0, 0.1) is 16.7 Å². The van der Waals surface area contributed by atoms with E-state index in [0.717, 1.165) is 13.0 Å². The number of amides is 1. The predicted molar refractivity (Wildman–Crippen MR) is 65.2 cm³/mol. The molecule has 4 heteroatoms. The zero-order valence-electron chi connectivity index (χ0n) is 10.8. The van der Waals surface area contributed by atoms with E-state index in [1.807, 2.05) is 19.9 Å². The van der Waals surface area contributed by atoms with E-state index < -0.39 is 5.41 Å². The van der Waals surface area contributed by atoms with E-state index in [2.05, 4.69) is 13.0 Å². The zero-order valence-corrected chi connectivity index (χ0v) is 10.8. The third-order valence-electron chi connectivity index (χ3n) is 3.04. The smallest absolute Gasteiger partial charge is 0.248 e. The van der Waals surface area contributed by atoms with Crippen LogP contribution in [-0.2, 0) is 9.53 Å². The van der Waals surface area contributed by atoms with Crippen LogP contribution >= 0.6 is 0 Å². The van der Waals surface area contributed by atoms with Gasteiger partial charge in [0, 0.05) is 13.1 Å². The number of rotatable bonds is 1. The van der Waals surface area contributed by atoms with Crippen molar-refractivity contribution >= 4 is 5.91 Å². The minimum Gasteiger partial charge on any atom is -0.377 e. The molecule has 1 amide bonds. The molecule has 2 aliphatic rings. The topological polar surface area (TPSA) is 53.3 Å². The first-order valence-electron chi connectivity index (χ1n) is 6.12. The van der Waals surface area contributed by atoms with Crippen LogP contribution in [0.4, 0.5) is 0 Å². The summed E-state index contributed by atoms with van der Waals surface area (Å²) in [6, 6.07) is 2.09. The Morgan fingerprint density at radius 1 is 1.53 bits per heavy atom. The van der Waals surface area contributed by atoms with E-state index in [0.29, 0.717) is 6.54 Å². The monoisotopic (exact) mass is 236 g/mol. The highest BCUT2D eigenvalue weighted by molar-refractivity contribution is 5.87.